The summed E-state index contributed by atoms with van der Waals surface area (Å²) in [4.78, 5) is 12.6. The van der Waals surface area contributed by atoms with Crippen molar-refractivity contribution in [3.05, 3.63) is 35.3 Å². The number of sulfonamides is 1. The van der Waals surface area contributed by atoms with Crippen LogP contribution in [0.3, 0.4) is 0 Å². The average molecular weight is 439 g/mol. The van der Waals surface area contributed by atoms with E-state index in [4.69, 9.17) is 14.2 Å². The molecular weight excluding hydrogens is 408 g/mol. The van der Waals surface area contributed by atoms with Crippen molar-refractivity contribution in [1.82, 2.24) is 5.32 Å². The number of carbonyl (C=O) groups is 1. The molecule has 1 aliphatic rings. The summed E-state index contributed by atoms with van der Waals surface area (Å²) in [6, 6.07) is 3.27. The van der Waals surface area contributed by atoms with Gasteiger partial charge in [-0.15, -0.1) is 6.58 Å². The van der Waals surface area contributed by atoms with E-state index < -0.39 is 15.9 Å². The maximum Gasteiger partial charge on any atom is 0.270 e. The maximum atomic E-state index is 13.3. The zero-order valence-corrected chi connectivity index (χ0v) is 19.0. The van der Waals surface area contributed by atoms with Gasteiger partial charge in [0.25, 0.3) is 15.9 Å². The van der Waals surface area contributed by atoms with Crippen LogP contribution in [0, 0.1) is 0 Å². The van der Waals surface area contributed by atoms with Crippen LogP contribution in [0.15, 0.2) is 29.7 Å². The highest BCUT2D eigenvalue weighted by molar-refractivity contribution is 7.97. The third kappa shape index (κ3) is 4.79. The van der Waals surface area contributed by atoms with Crippen molar-refractivity contribution in [3.8, 4) is 11.5 Å². The highest BCUT2D eigenvalue weighted by Crippen LogP contribution is 2.44. The van der Waals surface area contributed by atoms with E-state index in [1.807, 2.05) is 13.8 Å². The number of fused-ring (bicyclic) bond motifs is 1. The average Bonchev–Trinajstić information content (AvgIpc) is 2.69. The van der Waals surface area contributed by atoms with Crippen LogP contribution in [-0.4, -0.2) is 54.3 Å². The molecule has 0 fully saturated rings. The van der Waals surface area contributed by atoms with Gasteiger partial charge in [0, 0.05) is 24.8 Å². The lowest BCUT2D eigenvalue weighted by Gasteiger charge is -2.32. The van der Waals surface area contributed by atoms with E-state index in [0.29, 0.717) is 47.9 Å². The molecule has 0 bridgehead atoms. The number of hydrogen-bond acceptors (Lipinski definition) is 6. The minimum absolute atomic E-state index is 0.0110. The molecular formula is C21H30N2O6S. The minimum Gasteiger partial charge on any atom is -0.493 e. The van der Waals surface area contributed by atoms with E-state index in [2.05, 4.69) is 11.9 Å². The topological polar surface area (TPSA) is 94.2 Å². The van der Waals surface area contributed by atoms with Crippen LogP contribution in [0.5, 0.6) is 11.5 Å². The van der Waals surface area contributed by atoms with Crippen molar-refractivity contribution in [2.45, 2.75) is 33.3 Å². The second-order valence-corrected chi connectivity index (χ2v) is 8.83. The van der Waals surface area contributed by atoms with Crippen LogP contribution in [-0.2, 0) is 19.6 Å². The number of nitrogens with zero attached hydrogens (tertiary/aromatic N) is 1. The smallest absolute Gasteiger partial charge is 0.270 e. The van der Waals surface area contributed by atoms with Gasteiger partial charge in [-0.05, 0) is 38.8 Å². The molecule has 0 radical (unpaired) electrons. The molecule has 0 atom stereocenters. The Labute approximate surface area is 178 Å². The fourth-order valence-corrected chi connectivity index (χ4v) is 4.94. The minimum atomic E-state index is -4.09. The molecule has 1 N–H and O–H groups in total. The number of ether oxygens (including phenoxy) is 3. The van der Waals surface area contributed by atoms with Crippen molar-refractivity contribution in [2.75, 3.05) is 38.2 Å². The summed E-state index contributed by atoms with van der Waals surface area (Å²) >= 11 is 0. The second-order valence-electron chi connectivity index (χ2n) is 7.03. The first kappa shape index (κ1) is 23.8. The van der Waals surface area contributed by atoms with Crippen LogP contribution in [0.2, 0.25) is 0 Å². The standard InChI is InChI=1S/C21H30N2O6S/c1-7-10-23-17-13-19(28-6)18(27-5)12-16(17)15(4)20(30(23,25)26)21(24)22-9-8-11-29-14(2)3/h7,12-14H,1,8-11H2,2-6H3,(H,22,24). The van der Waals surface area contributed by atoms with E-state index in [1.165, 1.54) is 20.3 Å². The fourth-order valence-electron chi connectivity index (χ4n) is 3.20. The molecule has 1 aromatic carbocycles. The Kier molecular flexibility index (Phi) is 7.91. The van der Waals surface area contributed by atoms with Gasteiger partial charge in [-0.3, -0.25) is 9.10 Å². The Balaban J connectivity index is 2.46. The second kappa shape index (κ2) is 9.99. The van der Waals surface area contributed by atoms with Gasteiger partial charge >= 0.3 is 0 Å². The number of methoxy groups -OCH3 is 2. The molecule has 1 aliphatic heterocycles. The third-order valence-corrected chi connectivity index (χ3v) is 6.56. The summed E-state index contributed by atoms with van der Waals surface area (Å²) in [6.07, 6.45) is 2.14. The lowest BCUT2D eigenvalue weighted by Crippen LogP contribution is -2.41. The van der Waals surface area contributed by atoms with Crippen molar-refractivity contribution in [2.24, 2.45) is 0 Å². The number of anilines is 1. The predicted octanol–water partition coefficient (Wildman–Crippen LogP) is 2.70. The number of rotatable bonds is 10. The highest BCUT2D eigenvalue weighted by atomic mass is 32.2. The van der Waals surface area contributed by atoms with Gasteiger partial charge < -0.3 is 19.5 Å². The summed E-state index contributed by atoms with van der Waals surface area (Å²) in [5.74, 6) is 0.192. The number of benzene rings is 1. The highest BCUT2D eigenvalue weighted by Gasteiger charge is 2.39. The van der Waals surface area contributed by atoms with Gasteiger partial charge in [0.05, 0.1) is 32.6 Å². The third-order valence-electron chi connectivity index (χ3n) is 4.62. The number of carbonyl (C=O) groups excluding carboxylic acids is 1. The number of allylic oxidation sites excluding steroid dienone is 1. The van der Waals surface area contributed by atoms with Crippen LogP contribution < -0.4 is 19.1 Å². The van der Waals surface area contributed by atoms with E-state index >= 15 is 0 Å². The summed E-state index contributed by atoms with van der Waals surface area (Å²) in [7, 11) is -1.11. The van der Waals surface area contributed by atoms with Gasteiger partial charge in [-0.1, -0.05) is 6.08 Å². The van der Waals surface area contributed by atoms with Crippen molar-refractivity contribution in [3.63, 3.8) is 0 Å². The van der Waals surface area contributed by atoms with Crippen molar-refractivity contribution < 1.29 is 27.4 Å². The molecule has 0 saturated carbocycles. The quantitative estimate of drug-likeness (QED) is 0.446. The molecule has 166 valence electrons. The molecule has 8 nitrogen and oxygen atoms in total. The molecule has 0 unspecified atom stereocenters. The first-order valence-electron chi connectivity index (χ1n) is 9.69. The molecule has 1 amide bonds. The zero-order chi connectivity index (χ0) is 22.5. The SMILES string of the molecule is C=CCN1c2cc(OC)c(OC)cc2C(C)=C(C(=O)NCCCOC(C)C)S1(=O)=O. The van der Waals surface area contributed by atoms with Crippen LogP contribution in [0.25, 0.3) is 5.57 Å². The van der Waals surface area contributed by atoms with Gasteiger partial charge in [0.1, 0.15) is 0 Å². The Morgan fingerprint density at radius 2 is 1.87 bits per heavy atom. The summed E-state index contributed by atoms with van der Waals surface area (Å²) in [5, 5.41) is 2.69. The van der Waals surface area contributed by atoms with Crippen LogP contribution in [0.4, 0.5) is 5.69 Å². The van der Waals surface area contributed by atoms with Gasteiger partial charge in [-0.25, -0.2) is 8.42 Å². The summed E-state index contributed by atoms with van der Waals surface area (Å²) in [6.45, 7) is 9.91. The Morgan fingerprint density at radius 1 is 1.23 bits per heavy atom. The molecule has 0 saturated heterocycles. The molecule has 0 aromatic heterocycles. The largest absolute Gasteiger partial charge is 0.493 e. The number of hydrogen-bond donors (Lipinski definition) is 1. The fraction of sp³-hybridized carbons (Fsp3) is 0.476. The lowest BCUT2D eigenvalue weighted by molar-refractivity contribution is -0.116. The predicted molar refractivity (Wildman–Crippen MR) is 117 cm³/mol. The Morgan fingerprint density at radius 3 is 2.43 bits per heavy atom. The van der Waals surface area contributed by atoms with Gasteiger partial charge in [0.15, 0.2) is 16.4 Å². The van der Waals surface area contributed by atoms with E-state index in [1.54, 1.807) is 19.1 Å². The first-order chi connectivity index (χ1) is 14.2. The number of nitrogens with one attached hydrogen (secondary N) is 1. The van der Waals surface area contributed by atoms with E-state index in [9.17, 15) is 13.2 Å². The monoisotopic (exact) mass is 438 g/mol. The summed E-state index contributed by atoms with van der Waals surface area (Å²) in [5.41, 5.74) is 1.34. The number of amides is 1. The molecule has 30 heavy (non-hydrogen) atoms. The zero-order valence-electron chi connectivity index (χ0n) is 18.1. The molecule has 1 heterocycles. The molecule has 0 aliphatic carbocycles. The van der Waals surface area contributed by atoms with Gasteiger partial charge in [0.2, 0.25) is 0 Å². The van der Waals surface area contributed by atoms with Crippen LogP contribution in [0.1, 0.15) is 32.8 Å². The van der Waals surface area contributed by atoms with E-state index in [-0.39, 0.29) is 17.6 Å². The van der Waals surface area contributed by atoms with Crippen LogP contribution >= 0.6 is 0 Å². The molecule has 2 rings (SSSR count). The Hall–Kier alpha value is -2.52. The molecule has 9 heteroatoms. The van der Waals surface area contributed by atoms with Crippen molar-refractivity contribution >= 4 is 27.2 Å². The Bertz CT molecular complexity index is 937. The normalized spacial score (nSPS) is 15.1. The maximum absolute atomic E-state index is 13.3. The first-order valence-corrected chi connectivity index (χ1v) is 11.1. The van der Waals surface area contributed by atoms with Gasteiger partial charge in [-0.2, -0.15) is 0 Å². The van der Waals surface area contributed by atoms with E-state index in [0.717, 1.165) is 4.31 Å². The molecule has 1 aromatic rings. The lowest BCUT2D eigenvalue weighted by atomic mass is 10.0. The molecule has 0 spiro atoms. The van der Waals surface area contributed by atoms with Crippen molar-refractivity contribution in [1.29, 1.82) is 0 Å². The summed E-state index contributed by atoms with van der Waals surface area (Å²) < 4.78 is 43.9.